The molecule has 6 nitrogen and oxygen atoms in total. The second-order valence-corrected chi connectivity index (χ2v) is 1.64. The Morgan fingerprint density at radius 1 is 1.58 bits per heavy atom. The fourth-order valence-corrected chi connectivity index (χ4v) is 0.494. The van der Waals surface area contributed by atoms with Crippen molar-refractivity contribution >= 4 is 5.97 Å². The first-order valence-corrected chi connectivity index (χ1v) is 2.86. The van der Waals surface area contributed by atoms with Crippen LogP contribution in [-0.2, 0) is 0 Å². The van der Waals surface area contributed by atoms with Crippen molar-refractivity contribution in [3.63, 3.8) is 0 Å². The highest BCUT2D eigenvalue weighted by Crippen LogP contribution is 1.93. The third-order valence-electron chi connectivity index (χ3n) is 0.927. The second kappa shape index (κ2) is 5.70. The molecule has 0 amide bonds. The lowest BCUT2D eigenvalue weighted by molar-refractivity contribution is 0.0697. The summed E-state index contributed by atoms with van der Waals surface area (Å²) in [5.41, 5.74) is 12.5. The summed E-state index contributed by atoms with van der Waals surface area (Å²) >= 11 is 0. The van der Waals surface area contributed by atoms with Crippen molar-refractivity contribution in [3.05, 3.63) is 40.5 Å². The Bertz CT molecular complexity index is 279. The number of carboxylic acid groups (broad SMARTS) is 1. The standard InChI is InChI=1S/C6H5NO2.HN3/c8-6(9)5-1-3-7-4-2-5;1-3-2/h1-4H,(H,8,9);1H. The van der Waals surface area contributed by atoms with Gasteiger partial charge in [0.05, 0.1) is 5.56 Å². The molecule has 0 aliphatic heterocycles. The minimum atomic E-state index is -0.919. The minimum Gasteiger partial charge on any atom is -0.478 e. The number of hydrogen-bond donors (Lipinski definition) is 2. The Kier molecular flexibility index (Phi) is 4.71. The molecule has 0 saturated heterocycles. The first kappa shape index (κ1) is 9.93. The molecule has 1 aromatic rings. The summed E-state index contributed by atoms with van der Waals surface area (Å²) in [6.07, 6.45) is 2.90. The Balaban J connectivity index is 0.000000354. The highest BCUT2D eigenvalue weighted by atomic mass is 16.4. The number of carboxylic acids is 1. The van der Waals surface area contributed by atoms with Crippen molar-refractivity contribution in [2.24, 2.45) is 0 Å². The summed E-state index contributed by atoms with van der Waals surface area (Å²) in [6, 6.07) is 2.89. The van der Waals surface area contributed by atoms with Crippen LogP contribution in [0.25, 0.3) is 10.4 Å². The van der Waals surface area contributed by atoms with Crippen molar-refractivity contribution in [1.29, 1.82) is 5.53 Å². The van der Waals surface area contributed by atoms with Crippen LogP contribution in [0.4, 0.5) is 0 Å². The number of aromatic nitrogens is 1. The van der Waals surface area contributed by atoms with Gasteiger partial charge in [0.25, 0.3) is 0 Å². The van der Waals surface area contributed by atoms with E-state index < -0.39 is 5.97 Å². The van der Waals surface area contributed by atoms with Gasteiger partial charge in [-0.15, -0.1) is 5.53 Å². The molecule has 2 N–H and O–H groups in total. The van der Waals surface area contributed by atoms with E-state index in [4.69, 9.17) is 16.2 Å². The van der Waals surface area contributed by atoms with Gasteiger partial charge in [0.1, 0.15) is 0 Å². The van der Waals surface area contributed by atoms with E-state index in [1.807, 2.05) is 0 Å². The molecule has 0 aliphatic rings. The van der Waals surface area contributed by atoms with Gasteiger partial charge in [-0.2, -0.15) is 0 Å². The van der Waals surface area contributed by atoms with Crippen LogP contribution in [0.1, 0.15) is 10.4 Å². The van der Waals surface area contributed by atoms with Crippen molar-refractivity contribution in [3.8, 4) is 0 Å². The molecule has 0 atom stereocenters. The molecule has 0 saturated carbocycles. The Labute approximate surface area is 67.9 Å². The first-order chi connectivity index (χ1) is 5.72. The molecule has 6 heteroatoms. The third kappa shape index (κ3) is 3.86. The molecule has 0 unspecified atom stereocenters. The van der Waals surface area contributed by atoms with Crippen LogP contribution in [0, 0.1) is 5.53 Å². The van der Waals surface area contributed by atoms with E-state index in [-0.39, 0.29) is 5.56 Å². The normalized spacial score (nSPS) is 7.33. The van der Waals surface area contributed by atoms with Crippen LogP contribution < -0.4 is 0 Å². The van der Waals surface area contributed by atoms with E-state index >= 15 is 0 Å². The van der Waals surface area contributed by atoms with E-state index in [0.717, 1.165) is 0 Å². The lowest BCUT2D eigenvalue weighted by Gasteiger charge is -1.87. The van der Waals surface area contributed by atoms with Crippen molar-refractivity contribution < 1.29 is 9.90 Å². The second-order valence-electron chi connectivity index (χ2n) is 1.64. The maximum absolute atomic E-state index is 10.2. The van der Waals surface area contributed by atoms with Crippen molar-refractivity contribution in [2.75, 3.05) is 0 Å². The lowest BCUT2D eigenvalue weighted by Crippen LogP contribution is -1.94. The monoisotopic (exact) mass is 166 g/mol. The number of nitrogens with one attached hydrogen (secondary N) is 1. The Morgan fingerprint density at radius 2 is 2.00 bits per heavy atom. The minimum absolute atomic E-state index is 0.269. The van der Waals surface area contributed by atoms with Gasteiger partial charge < -0.3 is 5.11 Å². The summed E-state index contributed by atoms with van der Waals surface area (Å²) < 4.78 is 0. The van der Waals surface area contributed by atoms with Gasteiger partial charge in [0.15, 0.2) is 0 Å². The molecule has 0 radical (unpaired) electrons. The zero-order valence-electron chi connectivity index (χ0n) is 6.01. The predicted octanol–water partition coefficient (Wildman–Crippen LogP) is 1.66. The molecule has 0 bridgehead atoms. The smallest absolute Gasteiger partial charge is 0.335 e. The number of nitrogens with zero attached hydrogens (tertiary/aromatic N) is 3. The molecule has 0 fully saturated rings. The SMILES string of the molecule is O=C(O)c1ccncc1.[N-]=[N+]=N. The topological polar surface area (TPSA) is 110 Å². The molecular formula is C6H6N4O2. The van der Waals surface area contributed by atoms with Crippen LogP contribution in [-0.4, -0.2) is 16.1 Å². The van der Waals surface area contributed by atoms with E-state index in [1.54, 1.807) is 4.91 Å². The number of hydrogen-bond acceptors (Lipinski definition) is 3. The van der Waals surface area contributed by atoms with Crippen LogP contribution in [0.2, 0.25) is 0 Å². The third-order valence-corrected chi connectivity index (χ3v) is 0.927. The maximum Gasteiger partial charge on any atom is 0.335 e. The fourth-order valence-electron chi connectivity index (χ4n) is 0.494. The predicted molar refractivity (Wildman–Crippen MR) is 40.6 cm³/mol. The largest absolute Gasteiger partial charge is 0.478 e. The number of aromatic carboxylic acids is 1. The quantitative estimate of drug-likeness (QED) is 0.375. The van der Waals surface area contributed by atoms with Gasteiger partial charge in [-0.3, -0.25) is 4.98 Å². The average Bonchev–Trinajstić information content (AvgIpc) is 2.07. The van der Waals surface area contributed by atoms with E-state index in [1.165, 1.54) is 24.5 Å². The molecule has 62 valence electrons. The summed E-state index contributed by atoms with van der Waals surface area (Å²) in [5.74, 6) is -0.919. The fraction of sp³-hybridized carbons (Fsp3) is 0. The summed E-state index contributed by atoms with van der Waals surface area (Å²) in [6.45, 7) is 0. The van der Waals surface area contributed by atoms with E-state index in [9.17, 15) is 4.79 Å². The van der Waals surface area contributed by atoms with Crippen molar-refractivity contribution in [1.82, 2.24) is 4.98 Å². The van der Waals surface area contributed by atoms with Crippen LogP contribution >= 0.6 is 0 Å². The van der Waals surface area contributed by atoms with Gasteiger partial charge in [-0.05, 0) is 22.6 Å². The lowest BCUT2D eigenvalue weighted by atomic mass is 10.3. The molecular weight excluding hydrogens is 160 g/mol. The molecule has 1 heterocycles. The van der Waals surface area contributed by atoms with E-state index in [2.05, 4.69) is 4.98 Å². The molecule has 0 aliphatic carbocycles. The summed E-state index contributed by atoms with van der Waals surface area (Å²) in [7, 11) is 0. The number of carbonyl (C=O) groups is 1. The Morgan fingerprint density at radius 3 is 2.25 bits per heavy atom. The van der Waals surface area contributed by atoms with Gasteiger partial charge in [-0.25, -0.2) is 4.79 Å². The van der Waals surface area contributed by atoms with Crippen LogP contribution in [0.3, 0.4) is 0 Å². The zero-order chi connectivity index (χ0) is 9.40. The van der Waals surface area contributed by atoms with E-state index in [0.29, 0.717) is 0 Å². The molecule has 1 rings (SSSR count). The maximum atomic E-state index is 10.2. The highest BCUT2D eigenvalue weighted by molar-refractivity contribution is 5.87. The van der Waals surface area contributed by atoms with Crippen molar-refractivity contribution in [2.45, 2.75) is 0 Å². The number of rotatable bonds is 1. The Hall–Kier alpha value is -2.07. The molecule has 0 aromatic carbocycles. The first-order valence-electron chi connectivity index (χ1n) is 2.86. The summed E-state index contributed by atoms with van der Waals surface area (Å²) in [4.78, 5) is 15.6. The van der Waals surface area contributed by atoms with Gasteiger partial charge in [0, 0.05) is 12.4 Å². The average molecular weight is 166 g/mol. The molecule has 0 spiro atoms. The highest BCUT2D eigenvalue weighted by Gasteiger charge is 1.97. The van der Waals surface area contributed by atoms with Crippen LogP contribution in [0.15, 0.2) is 24.5 Å². The van der Waals surface area contributed by atoms with Gasteiger partial charge >= 0.3 is 5.97 Å². The van der Waals surface area contributed by atoms with Crippen LogP contribution in [0.5, 0.6) is 0 Å². The van der Waals surface area contributed by atoms with Gasteiger partial charge in [-0.1, -0.05) is 0 Å². The summed E-state index contributed by atoms with van der Waals surface area (Å²) in [5, 5.41) is 8.36. The zero-order valence-corrected chi connectivity index (χ0v) is 6.01. The molecule has 12 heavy (non-hydrogen) atoms. The van der Waals surface area contributed by atoms with Gasteiger partial charge in [0.2, 0.25) is 0 Å². The molecule has 1 aromatic heterocycles. The number of pyridine rings is 1.